The number of hydrogen-bond donors (Lipinski definition) is 0. The zero-order valence-electron chi connectivity index (χ0n) is 9.03. The molecule has 1 fully saturated rings. The molecule has 0 bridgehead atoms. The molecule has 0 aromatic heterocycles. The van der Waals surface area contributed by atoms with E-state index in [9.17, 15) is 0 Å². The van der Waals surface area contributed by atoms with Gasteiger partial charge in [0.25, 0.3) is 0 Å². The quantitative estimate of drug-likeness (QED) is 0.775. The van der Waals surface area contributed by atoms with Crippen molar-refractivity contribution in [1.82, 2.24) is 4.90 Å². The van der Waals surface area contributed by atoms with E-state index in [0.717, 1.165) is 31.3 Å². The molecule has 0 unspecified atom stereocenters. The number of halogens is 2. The Morgan fingerprint density at radius 2 is 2.19 bits per heavy atom. The number of benzene rings is 1. The van der Waals surface area contributed by atoms with Gasteiger partial charge < -0.3 is 4.74 Å². The maximum Gasteiger partial charge on any atom is 0.0837 e. The van der Waals surface area contributed by atoms with Gasteiger partial charge in [-0.3, -0.25) is 4.90 Å². The standard InChI is InChI=1S/C12H15Cl2NO/c13-7-11-9-15(5-6-16-11)8-10-3-1-2-4-12(10)14/h1-4,11H,5-9H2/t11-/m0/s1. The molecule has 0 radical (unpaired) electrons. The van der Waals surface area contributed by atoms with Crippen LogP contribution < -0.4 is 0 Å². The van der Waals surface area contributed by atoms with E-state index in [0.29, 0.717) is 5.88 Å². The number of hydrogen-bond acceptors (Lipinski definition) is 2. The van der Waals surface area contributed by atoms with Crippen LogP contribution in [0.25, 0.3) is 0 Å². The number of morpholine rings is 1. The molecule has 16 heavy (non-hydrogen) atoms. The van der Waals surface area contributed by atoms with Crippen molar-refractivity contribution in [3.8, 4) is 0 Å². The lowest BCUT2D eigenvalue weighted by molar-refractivity contribution is -0.0193. The summed E-state index contributed by atoms with van der Waals surface area (Å²) < 4.78 is 5.52. The van der Waals surface area contributed by atoms with E-state index in [1.807, 2.05) is 18.2 Å². The van der Waals surface area contributed by atoms with Crippen molar-refractivity contribution in [2.45, 2.75) is 12.6 Å². The Morgan fingerprint density at radius 1 is 1.38 bits per heavy atom. The van der Waals surface area contributed by atoms with Gasteiger partial charge in [0.05, 0.1) is 12.7 Å². The first-order chi connectivity index (χ1) is 7.79. The van der Waals surface area contributed by atoms with E-state index in [2.05, 4.69) is 11.0 Å². The lowest BCUT2D eigenvalue weighted by Crippen LogP contribution is -2.42. The third-order valence-electron chi connectivity index (χ3n) is 2.75. The summed E-state index contributed by atoms with van der Waals surface area (Å²) in [5.41, 5.74) is 1.17. The van der Waals surface area contributed by atoms with Crippen LogP contribution in [0.3, 0.4) is 0 Å². The molecule has 0 aliphatic carbocycles. The largest absolute Gasteiger partial charge is 0.374 e. The molecule has 1 aliphatic rings. The molecule has 2 nitrogen and oxygen atoms in total. The van der Waals surface area contributed by atoms with E-state index in [1.54, 1.807) is 0 Å². The molecule has 1 aromatic rings. The van der Waals surface area contributed by atoms with Gasteiger partial charge in [-0.05, 0) is 11.6 Å². The molecule has 0 spiro atoms. The fraction of sp³-hybridized carbons (Fsp3) is 0.500. The van der Waals surface area contributed by atoms with Crippen molar-refractivity contribution >= 4 is 23.2 Å². The summed E-state index contributed by atoms with van der Waals surface area (Å²) in [6.45, 7) is 3.45. The van der Waals surface area contributed by atoms with E-state index < -0.39 is 0 Å². The van der Waals surface area contributed by atoms with Crippen LogP contribution >= 0.6 is 23.2 Å². The van der Waals surface area contributed by atoms with Gasteiger partial charge in [0.2, 0.25) is 0 Å². The zero-order valence-corrected chi connectivity index (χ0v) is 10.5. The lowest BCUT2D eigenvalue weighted by atomic mass is 10.2. The first kappa shape index (κ1) is 12.2. The Bertz CT molecular complexity index is 346. The van der Waals surface area contributed by atoms with Crippen molar-refractivity contribution in [1.29, 1.82) is 0 Å². The summed E-state index contributed by atoms with van der Waals surface area (Å²) in [4.78, 5) is 2.33. The lowest BCUT2D eigenvalue weighted by Gasteiger charge is -2.32. The van der Waals surface area contributed by atoms with Crippen LogP contribution in [-0.2, 0) is 11.3 Å². The summed E-state index contributed by atoms with van der Waals surface area (Å²) >= 11 is 11.9. The van der Waals surface area contributed by atoms with Crippen LogP contribution in [0.4, 0.5) is 0 Å². The SMILES string of the molecule is ClC[C@H]1CN(Cc2ccccc2Cl)CCO1. The highest BCUT2D eigenvalue weighted by molar-refractivity contribution is 6.31. The first-order valence-corrected chi connectivity index (χ1v) is 6.34. The van der Waals surface area contributed by atoms with Gasteiger partial charge in [-0.25, -0.2) is 0 Å². The Hall–Kier alpha value is -0.280. The monoisotopic (exact) mass is 259 g/mol. The third-order valence-corrected chi connectivity index (χ3v) is 3.46. The molecular formula is C12H15Cl2NO. The van der Waals surface area contributed by atoms with Crippen molar-refractivity contribution in [2.75, 3.05) is 25.6 Å². The van der Waals surface area contributed by atoms with E-state index in [4.69, 9.17) is 27.9 Å². The van der Waals surface area contributed by atoms with Crippen molar-refractivity contribution < 1.29 is 4.74 Å². The van der Waals surface area contributed by atoms with Gasteiger partial charge in [0.15, 0.2) is 0 Å². The molecule has 2 rings (SSSR count). The van der Waals surface area contributed by atoms with Crippen LogP contribution in [-0.4, -0.2) is 36.6 Å². The minimum Gasteiger partial charge on any atom is -0.374 e. The Labute approximate surface area is 106 Å². The van der Waals surface area contributed by atoms with Crippen LogP contribution in [0.1, 0.15) is 5.56 Å². The third kappa shape index (κ3) is 3.11. The molecule has 1 aliphatic heterocycles. The fourth-order valence-corrected chi connectivity index (χ4v) is 2.27. The summed E-state index contributed by atoms with van der Waals surface area (Å²) in [6, 6.07) is 7.96. The van der Waals surface area contributed by atoms with E-state index in [-0.39, 0.29) is 6.10 Å². The minimum absolute atomic E-state index is 0.151. The van der Waals surface area contributed by atoms with Gasteiger partial charge in [0, 0.05) is 30.5 Å². The Morgan fingerprint density at radius 3 is 2.94 bits per heavy atom. The predicted octanol–water partition coefficient (Wildman–Crippen LogP) is 2.78. The highest BCUT2D eigenvalue weighted by Crippen LogP contribution is 2.18. The molecular weight excluding hydrogens is 245 g/mol. The van der Waals surface area contributed by atoms with Crippen LogP contribution in [0.2, 0.25) is 5.02 Å². The molecule has 1 heterocycles. The predicted molar refractivity (Wildman–Crippen MR) is 67.2 cm³/mol. The van der Waals surface area contributed by atoms with Crippen LogP contribution in [0.15, 0.2) is 24.3 Å². The van der Waals surface area contributed by atoms with Gasteiger partial charge in [0.1, 0.15) is 0 Å². The second-order valence-corrected chi connectivity index (χ2v) is 4.69. The fourth-order valence-electron chi connectivity index (χ4n) is 1.88. The summed E-state index contributed by atoms with van der Waals surface area (Å²) in [7, 11) is 0. The van der Waals surface area contributed by atoms with Gasteiger partial charge in [-0.15, -0.1) is 11.6 Å². The molecule has 0 saturated carbocycles. The molecule has 0 N–H and O–H groups in total. The smallest absolute Gasteiger partial charge is 0.0837 e. The summed E-state index contributed by atoms with van der Waals surface area (Å²) in [5, 5.41) is 0.830. The molecule has 4 heteroatoms. The van der Waals surface area contributed by atoms with Crippen LogP contribution in [0.5, 0.6) is 0 Å². The van der Waals surface area contributed by atoms with Crippen LogP contribution in [0, 0.1) is 0 Å². The average molecular weight is 260 g/mol. The maximum atomic E-state index is 6.13. The van der Waals surface area contributed by atoms with Crippen molar-refractivity contribution in [3.05, 3.63) is 34.9 Å². The highest BCUT2D eigenvalue weighted by Gasteiger charge is 2.19. The normalized spacial score (nSPS) is 22.2. The molecule has 1 atom stereocenters. The molecule has 0 amide bonds. The number of nitrogens with zero attached hydrogens (tertiary/aromatic N) is 1. The number of rotatable bonds is 3. The zero-order chi connectivity index (χ0) is 11.4. The molecule has 1 saturated heterocycles. The molecule has 88 valence electrons. The second kappa shape index (κ2) is 5.87. The van der Waals surface area contributed by atoms with Gasteiger partial charge in [-0.2, -0.15) is 0 Å². The minimum atomic E-state index is 0.151. The van der Waals surface area contributed by atoms with E-state index >= 15 is 0 Å². The van der Waals surface area contributed by atoms with Crippen molar-refractivity contribution in [3.63, 3.8) is 0 Å². The molecule has 1 aromatic carbocycles. The summed E-state index contributed by atoms with van der Waals surface area (Å²) in [5.74, 6) is 0.555. The first-order valence-electron chi connectivity index (χ1n) is 5.43. The van der Waals surface area contributed by atoms with E-state index in [1.165, 1.54) is 5.56 Å². The highest BCUT2D eigenvalue weighted by atomic mass is 35.5. The van der Waals surface area contributed by atoms with Crippen molar-refractivity contribution in [2.24, 2.45) is 0 Å². The van der Waals surface area contributed by atoms with Gasteiger partial charge in [-0.1, -0.05) is 29.8 Å². The average Bonchev–Trinajstić information content (AvgIpc) is 2.32. The summed E-state index contributed by atoms with van der Waals surface area (Å²) in [6.07, 6.45) is 0.151. The Kier molecular flexibility index (Phi) is 4.47. The van der Waals surface area contributed by atoms with Gasteiger partial charge >= 0.3 is 0 Å². The maximum absolute atomic E-state index is 6.13. The Balaban J connectivity index is 1.97. The second-order valence-electron chi connectivity index (χ2n) is 3.97. The number of alkyl halides is 1. The number of ether oxygens (including phenoxy) is 1. The topological polar surface area (TPSA) is 12.5 Å².